The van der Waals surface area contributed by atoms with Crippen LogP contribution in [0.25, 0.3) is 11.1 Å². The van der Waals surface area contributed by atoms with Gasteiger partial charge in [0.15, 0.2) is 23.2 Å². The van der Waals surface area contributed by atoms with Crippen LogP contribution < -0.4 is 4.74 Å². The number of benzene rings is 2. The number of halogens is 4. The molecule has 0 atom stereocenters. The van der Waals surface area contributed by atoms with Gasteiger partial charge in [0.25, 0.3) is 0 Å². The number of ether oxygens (including phenoxy) is 1. The van der Waals surface area contributed by atoms with Crippen molar-refractivity contribution in [3.63, 3.8) is 0 Å². The fourth-order valence-corrected chi connectivity index (χ4v) is 3.75. The monoisotopic (exact) mass is 382 g/mol. The van der Waals surface area contributed by atoms with Crippen molar-refractivity contribution in [1.29, 1.82) is 0 Å². The molecule has 6 heteroatoms. The maximum Gasteiger partial charge on any atom is 0.201 e. The molecule has 0 saturated heterocycles. The Bertz CT molecular complexity index is 814. The summed E-state index contributed by atoms with van der Waals surface area (Å²) in [5, 5.41) is 9.20. The topological polar surface area (TPSA) is 29.5 Å². The normalized spacial score (nSPS) is 19.9. The van der Waals surface area contributed by atoms with Gasteiger partial charge in [0.1, 0.15) is 0 Å². The van der Waals surface area contributed by atoms with Gasteiger partial charge in [0.05, 0.1) is 6.61 Å². The predicted octanol–water partition coefficient (Wildman–Crippen LogP) is 5.57. The highest BCUT2D eigenvalue weighted by Crippen LogP contribution is 2.39. The first-order valence-corrected chi connectivity index (χ1v) is 9.17. The van der Waals surface area contributed by atoms with E-state index in [1.54, 1.807) is 6.92 Å². The van der Waals surface area contributed by atoms with Crippen molar-refractivity contribution in [3.05, 3.63) is 53.1 Å². The Morgan fingerprint density at radius 3 is 2.04 bits per heavy atom. The lowest BCUT2D eigenvalue weighted by Crippen LogP contribution is -2.17. The summed E-state index contributed by atoms with van der Waals surface area (Å²) >= 11 is 0. The van der Waals surface area contributed by atoms with Crippen molar-refractivity contribution < 1.29 is 27.4 Å². The molecule has 3 rings (SSSR count). The second kappa shape index (κ2) is 8.30. The minimum atomic E-state index is -1.27. The van der Waals surface area contributed by atoms with Crippen LogP contribution in [-0.2, 0) is 0 Å². The summed E-state index contributed by atoms with van der Waals surface area (Å²) in [7, 11) is 0. The second-order valence-electron chi connectivity index (χ2n) is 6.90. The predicted molar refractivity (Wildman–Crippen MR) is 94.7 cm³/mol. The third-order valence-corrected chi connectivity index (χ3v) is 5.29. The summed E-state index contributed by atoms with van der Waals surface area (Å²) in [5.41, 5.74) is -0.415. The van der Waals surface area contributed by atoms with E-state index in [0.29, 0.717) is 12.8 Å². The van der Waals surface area contributed by atoms with E-state index in [9.17, 15) is 22.7 Å². The first-order chi connectivity index (χ1) is 13.0. The average molecular weight is 382 g/mol. The number of aliphatic hydroxyl groups is 1. The number of rotatable bonds is 5. The van der Waals surface area contributed by atoms with Gasteiger partial charge in [0.2, 0.25) is 5.82 Å². The van der Waals surface area contributed by atoms with Crippen LogP contribution in [0.5, 0.6) is 5.75 Å². The lowest BCUT2D eigenvalue weighted by molar-refractivity contribution is 0.181. The molecule has 0 unspecified atom stereocenters. The molecular formula is C21H22F4O2. The molecule has 1 saturated carbocycles. The molecule has 0 aromatic heterocycles. The molecule has 0 aliphatic heterocycles. The Kier molecular flexibility index (Phi) is 6.05. The maximum absolute atomic E-state index is 14.7. The van der Waals surface area contributed by atoms with Gasteiger partial charge in [-0.15, -0.1) is 0 Å². The van der Waals surface area contributed by atoms with E-state index in [1.807, 2.05) is 0 Å². The van der Waals surface area contributed by atoms with E-state index >= 15 is 0 Å². The van der Waals surface area contributed by atoms with Gasteiger partial charge >= 0.3 is 0 Å². The molecular weight excluding hydrogens is 360 g/mol. The van der Waals surface area contributed by atoms with Gasteiger partial charge in [-0.3, -0.25) is 0 Å². The van der Waals surface area contributed by atoms with E-state index < -0.39 is 23.3 Å². The summed E-state index contributed by atoms with van der Waals surface area (Å²) in [6, 6.07) is 5.14. The van der Waals surface area contributed by atoms with Crippen LogP contribution in [0.15, 0.2) is 24.3 Å². The zero-order chi connectivity index (χ0) is 19.6. The van der Waals surface area contributed by atoms with E-state index in [1.165, 1.54) is 24.3 Å². The summed E-state index contributed by atoms with van der Waals surface area (Å²) in [5.74, 6) is -4.89. The molecule has 0 amide bonds. The maximum atomic E-state index is 14.7. The van der Waals surface area contributed by atoms with Crippen LogP contribution in [0, 0.1) is 29.2 Å². The third kappa shape index (κ3) is 3.81. The standard InChI is InChI=1S/C21H22F4O2/c1-2-27-17-10-9-16(20(24)21(17)25)15-8-7-14(18(22)19(15)23)13-5-3-12(11-26)4-6-13/h7-10,12-13,26H,2-6,11H2,1H3. The van der Waals surface area contributed by atoms with Crippen molar-refractivity contribution in [2.45, 2.75) is 38.5 Å². The summed E-state index contributed by atoms with van der Waals surface area (Å²) < 4.78 is 62.8. The Balaban J connectivity index is 1.93. The average Bonchev–Trinajstić information content (AvgIpc) is 2.68. The molecule has 1 aliphatic rings. The van der Waals surface area contributed by atoms with Gasteiger partial charge in [-0.1, -0.05) is 12.1 Å². The summed E-state index contributed by atoms with van der Waals surface area (Å²) in [6.07, 6.45) is 2.82. The minimum absolute atomic E-state index is 0.102. The minimum Gasteiger partial charge on any atom is -0.491 e. The number of hydrogen-bond donors (Lipinski definition) is 1. The molecule has 0 radical (unpaired) electrons. The molecule has 146 valence electrons. The van der Waals surface area contributed by atoms with Crippen molar-refractivity contribution in [2.24, 2.45) is 5.92 Å². The molecule has 2 aromatic rings. The number of aliphatic hydroxyl groups excluding tert-OH is 1. The van der Waals surface area contributed by atoms with Crippen LogP contribution in [0.3, 0.4) is 0 Å². The van der Waals surface area contributed by atoms with E-state index in [0.717, 1.165) is 12.8 Å². The highest BCUT2D eigenvalue weighted by atomic mass is 19.2. The molecule has 1 N–H and O–H groups in total. The molecule has 0 heterocycles. The second-order valence-corrected chi connectivity index (χ2v) is 6.90. The molecule has 1 fully saturated rings. The molecule has 2 nitrogen and oxygen atoms in total. The van der Waals surface area contributed by atoms with Gasteiger partial charge in [0, 0.05) is 17.7 Å². The highest BCUT2D eigenvalue weighted by molar-refractivity contribution is 5.66. The van der Waals surface area contributed by atoms with Crippen molar-refractivity contribution in [3.8, 4) is 16.9 Å². The quantitative estimate of drug-likeness (QED) is 0.685. The van der Waals surface area contributed by atoms with E-state index in [4.69, 9.17) is 4.74 Å². The number of hydrogen-bond acceptors (Lipinski definition) is 2. The SMILES string of the molecule is CCOc1ccc(-c2ccc(C3CCC(CO)CC3)c(F)c2F)c(F)c1F. The Hall–Kier alpha value is -2.08. The van der Waals surface area contributed by atoms with Crippen LogP contribution in [-0.4, -0.2) is 18.3 Å². The lowest BCUT2D eigenvalue weighted by atomic mass is 9.78. The van der Waals surface area contributed by atoms with Crippen molar-refractivity contribution in [1.82, 2.24) is 0 Å². The molecule has 0 spiro atoms. The zero-order valence-electron chi connectivity index (χ0n) is 15.1. The molecule has 0 bridgehead atoms. The molecule has 2 aromatic carbocycles. The smallest absolute Gasteiger partial charge is 0.201 e. The van der Waals surface area contributed by atoms with Crippen LogP contribution in [0.4, 0.5) is 17.6 Å². The third-order valence-electron chi connectivity index (χ3n) is 5.29. The van der Waals surface area contributed by atoms with Crippen LogP contribution in [0.2, 0.25) is 0 Å². The Labute approximate surface area is 155 Å². The van der Waals surface area contributed by atoms with Crippen LogP contribution in [0.1, 0.15) is 44.1 Å². The Morgan fingerprint density at radius 1 is 0.852 bits per heavy atom. The van der Waals surface area contributed by atoms with Gasteiger partial charge in [-0.2, -0.15) is 4.39 Å². The summed E-state index contributed by atoms with van der Waals surface area (Å²) in [4.78, 5) is 0. The first-order valence-electron chi connectivity index (χ1n) is 9.17. The fraction of sp³-hybridized carbons (Fsp3) is 0.429. The van der Waals surface area contributed by atoms with Crippen molar-refractivity contribution >= 4 is 0 Å². The van der Waals surface area contributed by atoms with Gasteiger partial charge in [-0.05, 0) is 62.1 Å². The zero-order valence-corrected chi connectivity index (χ0v) is 15.1. The largest absolute Gasteiger partial charge is 0.491 e. The Morgan fingerprint density at radius 2 is 1.44 bits per heavy atom. The van der Waals surface area contributed by atoms with Gasteiger partial charge < -0.3 is 9.84 Å². The van der Waals surface area contributed by atoms with Crippen molar-refractivity contribution in [2.75, 3.05) is 13.2 Å². The highest BCUT2D eigenvalue weighted by Gasteiger charge is 2.27. The fourth-order valence-electron chi connectivity index (χ4n) is 3.75. The molecule has 1 aliphatic carbocycles. The first kappa shape index (κ1) is 19.7. The summed E-state index contributed by atoms with van der Waals surface area (Å²) in [6.45, 7) is 1.89. The lowest BCUT2D eigenvalue weighted by Gasteiger charge is -2.28. The van der Waals surface area contributed by atoms with E-state index in [-0.39, 0.29) is 47.5 Å². The van der Waals surface area contributed by atoms with Gasteiger partial charge in [-0.25, -0.2) is 13.2 Å². The van der Waals surface area contributed by atoms with Crippen LogP contribution >= 0.6 is 0 Å². The molecule has 27 heavy (non-hydrogen) atoms. The van der Waals surface area contributed by atoms with E-state index in [2.05, 4.69) is 0 Å².